The fourth-order valence-electron chi connectivity index (χ4n) is 4.10. The van der Waals surface area contributed by atoms with Gasteiger partial charge in [0.2, 0.25) is 0 Å². The summed E-state index contributed by atoms with van der Waals surface area (Å²) in [5.41, 5.74) is -1.84. The van der Waals surface area contributed by atoms with E-state index in [0.717, 1.165) is 25.3 Å². The lowest BCUT2D eigenvalue weighted by Gasteiger charge is -2.29. The summed E-state index contributed by atoms with van der Waals surface area (Å²) in [6, 6.07) is 2.12. The van der Waals surface area contributed by atoms with Crippen LogP contribution in [0.3, 0.4) is 0 Å². The summed E-state index contributed by atoms with van der Waals surface area (Å²) in [5, 5.41) is 9.19. The van der Waals surface area contributed by atoms with Crippen LogP contribution in [0.2, 0.25) is 0 Å². The van der Waals surface area contributed by atoms with Gasteiger partial charge in [-0.2, -0.15) is 0 Å². The van der Waals surface area contributed by atoms with E-state index in [-0.39, 0.29) is 17.0 Å². The van der Waals surface area contributed by atoms with Gasteiger partial charge in [0.1, 0.15) is 17.2 Å². The van der Waals surface area contributed by atoms with Crippen LogP contribution in [0.5, 0.6) is 0 Å². The molecule has 0 heterocycles. The van der Waals surface area contributed by atoms with Crippen molar-refractivity contribution in [3.63, 3.8) is 0 Å². The Bertz CT molecular complexity index is 969. The van der Waals surface area contributed by atoms with Crippen LogP contribution >= 0.6 is 0 Å². The van der Waals surface area contributed by atoms with Crippen LogP contribution in [0.15, 0.2) is 30.4 Å². The molecular formula is C23H21F5O2. The van der Waals surface area contributed by atoms with E-state index in [0.29, 0.717) is 30.9 Å². The Morgan fingerprint density at radius 1 is 0.967 bits per heavy atom. The highest BCUT2D eigenvalue weighted by Crippen LogP contribution is 2.43. The van der Waals surface area contributed by atoms with E-state index in [4.69, 9.17) is 0 Å². The van der Waals surface area contributed by atoms with Crippen LogP contribution < -0.4 is 0 Å². The molecule has 1 aliphatic carbocycles. The highest BCUT2D eigenvalue weighted by atomic mass is 19.2. The fraction of sp³-hybridized carbons (Fsp3) is 0.348. The van der Waals surface area contributed by atoms with E-state index < -0.39 is 46.2 Å². The zero-order valence-electron chi connectivity index (χ0n) is 16.3. The van der Waals surface area contributed by atoms with Crippen LogP contribution in [-0.2, 0) is 0 Å². The maximum absolute atomic E-state index is 15.1. The Balaban J connectivity index is 2.12. The van der Waals surface area contributed by atoms with Crippen LogP contribution in [0.25, 0.3) is 11.1 Å². The normalized spacial score (nSPS) is 19.4. The molecule has 0 bridgehead atoms. The van der Waals surface area contributed by atoms with Gasteiger partial charge in [-0.1, -0.05) is 19.1 Å². The molecule has 0 amide bonds. The number of carboxylic acids is 1. The summed E-state index contributed by atoms with van der Waals surface area (Å²) in [7, 11) is 0. The predicted molar refractivity (Wildman–Crippen MR) is 103 cm³/mol. The average molecular weight is 424 g/mol. The molecule has 1 N–H and O–H groups in total. The van der Waals surface area contributed by atoms with Crippen molar-refractivity contribution in [2.45, 2.75) is 44.9 Å². The molecule has 0 spiro atoms. The Kier molecular flexibility index (Phi) is 6.58. The number of hydrogen-bond donors (Lipinski definition) is 1. The molecular weight excluding hydrogens is 403 g/mol. The number of hydrogen-bond acceptors (Lipinski definition) is 1. The van der Waals surface area contributed by atoms with E-state index >= 15 is 4.39 Å². The molecule has 7 heteroatoms. The van der Waals surface area contributed by atoms with Gasteiger partial charge in [-0.3, -0.25) is 0 Å². The number of rotatable bonds is 5. The highest BCUT2D eigenvalue weighted by molar-refractivity contribution is 5.91. The van der Waals surface area contributed by atoms with Gasteiger partial charge in [0, 0.05) is 5.56 Å². The lowest BCUT2D eigenvalue weighted by molar-refractivity contribution is 0.0686. The van der Waals surface area contributed by atoms with Crippen molar-refractivity contribution in [3.05, 3.63) is 70.6 Å². The Hall–Kier alpha value is -2.70. The molecule has 0 radical (unpaired) electrons. The molecule has 0 atom stereocenters. The monoisotopic (exact) mass is 424 g/mol. The van der Waals surface area contributed by atoms with Gasteiger partial charge in [-0.25, -0.2) is 26.7 Å². The lowest BCUT2D eigenvalue weighted by Crippen LogP contribution is -2.16. The molecule has 3 rings (SSSR count). The third-order valence-electron chi connectivity index (χ3n) is 5.59. The molecule has 0 unspecified atom stereocenters. The third kappa shape index (κ3) is 4.25. The quantitative estimate of drug-likeness (QED) is 0.319. The first-order valence-corrected chi connectivity index (χ1v) is 9.81. The van der Waals surface area contributed by atoms with Crippen LogP contribution in [0, 0.1) is 35.0 Å². The van der Waals surface area contributed by atoms with Gasteiger partial charge in [-0.15, -0.1) is 0 Å². The standard InChI is InChI=1S/C23H21F5O2/c1-2-3-4-12-5-7-13(8-6-12)15-11-16(24)20(23(29)30)22(28)19(15)14-9-17(25)21(27)18(26)10-14/h3-4,9-13H,2,5-8H2,1H3,(H,29,30)/b4-3+. The van der Waals surface area contributed by atoms with Crippen LogP contribution in [-0.4, -0.2) is 11.1 Å². The summed E-state index contributed by atoms with van der Waals surface area (Å²) in [6.07, 6.45) is 7.73. The number of benzene rings is 2. The largest absolute Gasteiger partial charge is 0.477 e. The molecule has 1 fully saturated rings. The minimum Gasteiger partial charge on any atom is -0.477 e. The topological polar surface area (TPSA) is 37.3 Å². The Morgan fingerprint density at radius 2 is 1.57 bits per heavy atom. The molecule has 160 valence electrons. The molecule has 2 aromatic carbocycles. The third-order valence-corrected chi connectivity index (χ3v) is 5.59. The van der Waals surface area contributed by atoms with Crippen molar-refractivity contribution in [2.24, 2.45) is 5.92 Å². The van der Waals surface area contributed by atoms with E-state index in [1.165, 1.54) is 0 Å². The smallest absolute Gasteiger partial charge is 0.341 e. The second kappa shape index (κ2) is 8.98. The van der Waals surface area contributed by atoms with Gasteiger partial charge in [0.05, 0.1) is 0 Å². The predicted octanol–water partition coefficient (Wildman–Crippen LogP) is 6.99. The molecule has 1 aliphatic rings. The maximum atomic E-state index is 15.1. The number of carbonyl (C=O) groups is 1. The number of allylic oxidation sites excluding steroid dienone is 2. The van der Waals surface area contributed by atoms with Crippen LogP contribution in [0.4, 0.5) is 22.0 Å². The Morgan fingerprint density at radius 3 is 2.10 bits per heavy atom. The highest BCUT2D eigenvalue weighted by Gasteiger charge is 2.30. The summed E-state index contributed by atoms with van der Waals surface area (Å²) in [5.74, 6) is -9.30. The van der Waals surface area contributed by atoms with E-state index in [2.05, 4.69) is 12.2 Å². The Labute approximate surface area is 171 Å². The van der Waals surface area contributed by atoms with E-state index in [1.54, 1.807) is 0 Å². The minimum absolute atomic E-state index is 0.137. The van der Waals surface area contributed by atoms with Crippen molar-refractivity contribution in [2.75, 3.05) is 0 Å². The van der Waals surface area contributed by atoms with Gasteiger partial charge >= 0.3 is 5.97 Å². The fourth-order valence-corrected chi connectivity index (χ4v) is 4.10. The molecule has 2 aromatic rings. The zero-order valence-corrected chi connectivity index (χ0v) is 16.3. The maximum Gasteiger partial charge on any atom is 0.341 e. The summed E-state index contributed by atoms with van der Waals surface area (Å²) in [4.78, 5) is 11.3. The number of carboxylic acid groups (broad SMARTS) is 1. The van der Waals surface area contributed by atoms with Gasteiger partial charge in [-0.05, 0) is 73.3 Å². The summed E-state index contributed by atoms with van der Waals surface area (Å²) < 4.78 is 70.6. The van der Waals surface area contributed by atoms with E-state index in [1.807, 2.05) is 6.92 Å². The van der Waals surface area contributed by atoms with Gasteiger partial charge in [0.15, 0.2) is 17.5 Å². The molecule has 1 saturated carbocycles. The second-order valence-corrected chi connectivity index (χ2v) is 7.52. The second-order valence-electron chi connectivity index (χ2n) is 7.52. The molecule has 0 aliphatic heterocycles. The van der Waals surface area contributed by atoms with Gasteiger partial charge < -0.3 is 5.11 Å². The van der Waals surface area contributed by atoms with Crippen LogP contribution in [0.1, 0.15) is 60.9 Å². The minimum atomic E-state index is -1.84. The van der Waals surface area contributed by atoms with Crippen molar-refractivity contribution in [3.8, 4) is 11.1 Å². The van der Waals surface area contributed by atoms with Gasteiger partial charge in [0.25, 0.3) is 0 Å². The number of halogens is 5. The average Bonchev–Trinajstić information content (AvgIpc) is 2.69. The first-order valence-electron chi connectivity index (χ1n) is 9.81. The molecule has 0 saturated heterocycles. The summed E-state index contributed by atoms with van der Waals surface area (Å²) in [6.45, 7) is 2.02. The SMILES string of the molecule is CC/C=C/C1CCC(c2cc(F)c(C(=O)O)c(F)c2-c2cc(F)c(F)c(F)c2)CC1. The lowest BCUT2D eigenvalue weighted by atomic mass is 9.76. The van der Waals surface area contributed by atoms with Crippen molar-refractivity contribution < 1.29 is 31.9 Å². The first-order chi connectivity index (χ1) is 14.2. The van der Waals surface area contributed by atoms with Crippen molar-refractivity contribution in [1.82, 2.24) is 0 Å². The van der Waals surface area contributed by atoms with Crippen molar-refractivity contribution >= 4 is 5.97 Å². The van der Waals surface area contributed by atoms with E-state index in [9.17, 15) is 27.5 Å². The van der Waals surface area contributed by atoms with Crippen molar-refractivity contribution in [1.29, 1.82) is 0 Å². The summed E-state index contributed by atoms with van der Waals surface area (Å²) >= 11 is 0. The molecule has 2 nitrogen and oxygen atoms in total. The first kappa shape index (κ1) is 22.0. The zero-order chi connectivity index (χ0) is 22.0. The molecule has 0 aromatic heterocycles. The molecule has 30 heavy (non-hydrogen) atoms. The number of aromatic carboxylic acids is 1.